The summed E-state index contributed by atoms with van der Waals surface area (Å²) in [5.74, 6) is 0.669. The highest BCUT2D eigenvalue weighted by molar-refractivity contribution is 7.79. The Morgan fingerprint density at radius 2 is 2.38 bits per heavy atom. The molecule has 0 bridgehead atoms. The van der Waals surface area contributed by atoms with Crippen LogP contribution in [0.4, 0.5) is 0 Å². The van der Waals surface area contributed by atoms with Crippen molar-refractivity contribution in [2.45, 2.75) is 12.8 Å². The average molecular weight is 125 g/mol. The molecule has 1 saturated carbocycles. The third kappa shape index (κ3) is 1.05. The highest BCUT2D eigenvalue weighted by atomic mass is 32.1. The summed E-state index contributed by atoms with van der Waals surface area (Å²) in [5, 5.41) is 9.97. The zero-order valence-electron chi connectivity index (χ0n) is 4.50. The van der Waals surface area contributed by atoms with Gasteiger partial charge in [-0.1, -0.05) is 12.2 Å². The lowest BCUT2D eigenvalue weighted by molar-refractivity contribution is 0.766. The van der Waals surface area contributed by atoms with Gasteiger partial charge in [0.25, 0.3) is 0 Å². The van der Waals surface area contributed by atoms with Crippen molar-refractivity contribution in [2.24, 2.45) is 11.8 Å². The molecule has 0 N–H and O–H groups in total. The lowest BCUT2D eigenvalue weighted by Gasteiger charge is -1.92. The van der Waals surface area contributed by atoms with Crippen LogP contribution in [-0.2, 0) is 0 Å². The molecule has 0 aromatic carbocycles. The lowest BCUT2D eigenvalue weighted by Crippen LogP contribution is -1.97. The third-order valence-electron chi connectivity index (χ3n) is 1.43. The maximum atomic E-state index is 8.39. The highest BCUT2D eigenvalue weighted by Crippen LogP contribution is 2.35. The minimum atomic E-state index is 0.0602. The Morgan fingerprint density at radius 3 is 2.50 bits per heavy atom. The molecule has 0 saturated heterocycles. The van der Waals surface area contributed by atoms with Crippen LogP contribution >= 0.6 is 12.2 Å². The zero-order valence-corrected chi connectivity index (χ0v) is 5.32. The summed E-state index contributed by atoms with van der Waals surface area (Å²) in [6.07, 6.45) is 2.40. The Balaban J connectivity index is 2.39. The van der Waals surface area contributed by atoms with E-state index in [1.54, 1.807) is 5.37 Å². The number of hydrogen-bond donors (Lipinski definition) is 0. The van der Waals surface area contributed by atoms with Crippen molar-refractivity contribution in [3.05, 3.63) is 0 Å². The number of nitrogens with zero attached hydrogens (tertiary/aromatic N) is 1. The first kappa shape index (κ1) is 5.71. The van der Waals surface area contributed by atoms with Gasteiger partial charge in [-0.05, 0) is 24.1 Å². The van der Waals surface area contributed by atoms with Crippen LogP contribution in [-0.4, -0.2) is 5.37 Å². The monoisotopic (exact) mass is 125 g/mol. The molecule has 0 aromatic heterocycles. The Kier molecular flexibility index (Phi) is 1.59. The molecular formula is C6H7NS. The van der Waals surface area contributed by atoms with Gasteiger partial charge in [0.15, 0.2) is 0 Å². The summed E-state index contributed by atoms with van der Waals surface area (Å²) in [4.78, 5) is 0. The molecule has 42 valence electrons. The SMILES string of the molecule is N#C[C@H](C=S)C1CC1. The molecule has 1 atom stereocenters. The number of hydrogen-bond acceptors (Lipinski definition) is 2. The fourth-order valence-corrected chi connectivity index (χ4v) is 0.985. The highest BCUT2D eigenvalue weighted by Gasteiger charge is 2.29. The van der Waals surface area contributed by atoms with Gasteiger partial charge >= 0.3 is 0 Å². The molecule has 1 nitrogen and oxygen atoms in total. The van der Waals surface area contributed by atoms with E-state index >= 15 is 0 Å². The van der Waals surface area contributed by atoms with Crippen molar-refractivity contribution in [1.82, 2.24) is 0 Å². The quantitative estimate of drug-likeness (QED) is 0.523. The molecule has 0 aromatic rings. The van der Waals surface area contributed by atoms with Gasteiger partial charge < -0.3 is 0 Å². The van der Waals surface area contributed by atoms with Crippen molar-refractivity contribution < 1.29 is 0 Å². The Labute approximate surface area is 54.3 Å². The third-order valence-corrected chi connectivity index (χ3v) is 1.72. The second kappa shape index (κ2) is 2.23. The van der Waals surface area contributed by atoms with Crippen LogP contribution in [0.2, 0.25) is 0 Å². The summed E-state index contributed by atoms with van der Waals surface area (Å²) in [6.45, 7) is 0. The Hall–Kier alpha value is -0.420. The number of rotatable bonds is 2. The number of thiocarbonyl (C=S) groups is 1. The molecule has 0 heterocycles. The summed E-state index contributed by atoms with van der Waals surface area (Å²) < 4.78 is 0. The van der Waals surface area contributed by atoms with E-state index in [0.29, 0.717) is 5.92 Å². The predicted octanol–water partition coefficient (Wildman–Crippen LogP) is 1.54. The molecule has 8 heavy (non-hydrogen) atoms. The molecule has 1 aliphatic carbocycles. The summed E-state index contributed by atoms with van der Waals surface area (Å²) in [5.41, 5.74) is 0. The topological polar surface area (TPSA) is 23.8 Å². The van der Waals surface area contributed by atoms with Crippen LogP contribution in [0.15, 0.2) is 0 Å². The largest absolute Gasteiger partial charge is 0.198 e. The van der Waals surface area contributed by atoms with Gasteiger partial charge in [-0.2, -0.15) is 5.26 Å². The van der Waals surface area contributed by atoms with Crippen LogP contribution < -0.4 is 0 Å². The minimum Gasteiger partial charge on any atom is -0.198 e. The van der Waals surface area contributed by atoms with E-state index in [1.807, 2.05) is 0 Å². The van der Waals surface area contributed by atoms with Crippen LogP contribution in [0, 0.1) is 23.2 Å². The van der Waals surface area contributed by atoms with Crippen molar-refractivity contribution in [3.8, 4) is 6.07 Å². The summed E-state index contributed by atoms with van der Waals surface area (Å²) in [7, 11) is 0. The maximum absolute atomic E-state index is 8.39. The van der Waals surface area contributed by atoms with Gasteiger partial charge in [0.1, 0.15) is 0 Å². The van der Waals surface area contributed by atoms with E-state index in [9.17, 15) is 0 Å². The Bertz CT molecular complexity index is 132. The van der Waals surface area contributed by atoms with Gasteiger partial charge in [0.05, 0.1) is 12.0 Å². The van der Waals surface area contributed by atoms with Crippen molar-refractivity contribution in [1.29, 1.82) is 5.26 Å². The Morgan fingerprint density at radius 1 is 1.75 bits per heavy atom. The van der Waals surface area contributed by atoms with E-state index < -0.39 is 0 Å². The van der Waals surface area contributed by atoms with E-state index in [4.69, 9.17) is 5.26 Å². The van der Waals surface area contributed by atoms with Crippen LogP contribution in [0.3, 0.4) is 0 Å². The second-order valence-electron chi connectivity index (χ2n) is 2.13. The van der Waals surface area contributed by atoms with Crippen LogP contribution in [0.25, 0.3) is 0 Å². The molecule has 1 fully saturated rings. The molecular weight excluding hydrogens is 118 g/mol. The fraction of sp³-hybridized carbons (Fsp3) is 0.667. The first-order chi connectivity index (χ1) is 3.88. The zero-order chi connectivity index (χ0) is 5.98. The first-order valence-electron chi connectivity index (χ1n) is 2.73. The molecule has 0 radical (unpaired) electrons. The van der Waals surface area contributed by atoms with Crippen molar-refractivity contribution in [3.63, 3.8) is 0 Å². The van der Waals surface area contributed by atoms with E-state index in [-0.39, 0.29) is 5.92 Å². The molecule has 1 aliphatic rings. The molecule has 0 aliphatic heterocycles. The van der Waals surface area contributed by atoms with E-state index in [2.05, 4.69) is 18.3 Å². The molecule has 0 unspecified atom stereocenters. The van der Waals surface area contributed by atoms with Crippen LogP contribution in [0.5, 0.6) is 0 Å². The fourth-order valence-electron chi connectivity index (χ4n) is 0.702. The molecule has 0 spiro atoms. The molecule has 1 rings (SSSR count). The van der Waals surface area contributed by atoms with Crippen LogP contribution in [0.1, 0.15) is 12.8 Å². The van der Waals surface area contributed by atoms with Gasteiger partial charge in [-0.25, -0.2) is 0 Å². The van der Waals surface area contributed by atoms with Crippen molar-refractivity contribution in [2.75, 3.05) is 0 Å². The second-order valence-corrected chi connectivity index (χ2v) is 2.40. The molecule has 0 amide bonds. The van der Waals surface area contributed by atoms with E-state index in [1.165, 1.54) is 12.8 Å². The van der Waals surface area contributed by atoms with E-state index in [0.717, 1.165) is 0 Å². The maximum Gasteiger partial charge on any atom is 0.0773 e. The lowest BCUT2D eigenvalue weighted by atomic mass is 10.1. The van der Waals surface area contributed by atoms with Gasteiger partial charge in [0.2, 0.25) is 0 Å². The predicted molar refractivity (Wildman–Crippen MR) is 35.5 cm³/mol. The summed E-state index contributed by atoms with van der Waals surface area (Å²) >= 11 is 4.64. The first-order valence-corrected chi connectivity index (χ1v) is 3.20. The number of nitriles is 1. The van der Waals surface area contributed by atoms with Gasteiger partial charge in [0, 0.05) is 0 Å². The normalized spacial score (nSPS) is 21.4. The average Bonchev–Trinajstić information content (AvgIpc) is 2.53. The molecule has 2 heteroatoms. The summed E-state index contributed by atoms with van der Waals surface area (Å²) in [6, 6.07) is 2.15. The van der Waals surface area contributed by atoms with Gasteiger partial charge in [-0.3, -0.25) is 0 Å². The minimum absolute atomic E-state index is 0.0602. The van der Waals surface area contributed by atoms with Gasteiger partial charge in [-0.15, -0.1) is 0 Å². The van der Waals surface area contributed by atoms with Crippen molar-refractivity contribution >= 4 is 17.6 Å². The standard InChI is InChI=1S/C6H7NS/c7-3-6(4-8)5-1-2-5/h4-6H,1-2H2/t6-/m1/s1. The smallest absolute Gasteiger partial charge is 0.0773 e.